The van der Waals surface area contributed by atoms with Crippen LogP contribution in [0.3, 0.4) is 0 Å². The summed E-state index contributed by atoms with van der Waals surface area (Å²) in [6, 6.07) is 14.4. The molecule has 0 fully saturated rings. The number of halogens is 1. The fourth-order valence-electron chi connectivity index (χ4n) is 3.91. The second-order valence-electron chi connectivity index (χ2n) is 6.06. The molecule has 0 saturated heterocycles. The molecule has 0 bridgehead atoms. The molecule has 3 rings (SSSR count). The third-order valence-electron chi connectivity index (χ3n) is 5.27. The lowest BCUT2D eigenvalue weighted by Crippen LogP contribution is -2.42. The number of aromatic nitrogens is 1. The Hall–Kier alpha value is -1.96. The lowest BCUT2D eigenvalue weighted by atomic mass is 9.69. The van der Waals surface area contributed by atoms with Crippen molar-refractivity contribution in [2.24, 2.45) is 0 Å². The van der Waals surface area contributed by atoms with Gasteiger partial charge in [-0.05, 0) is 36.1 Å². The summed E-state index contributed by atoms with van der Waals surface area (Å²) < 4.78 is 15.5. The van der Waals surface area contributed by atoms with Crippen LogP contribution in [-0.4, -0.2) is 0 Å². The molecule has 0 unspecified atom stereocenters. The summed E-state index contributed by atoms with van der Waals surface area (Å²) in [6.07, 6.45) is 2.03. The predicted molar refractivity (Wildman–Crippen MR) is 88.3 cm³/mol. The normalized spacial score (nSPS) is 15.9. The van der Waals surface area contributed by atoms with Crippen molar-refractivity contribution < 1.29 is 8.96 Å². The molecular weight excluding hydrogens is 273 g/mol. The van der Waals surface area contributed by atoms with Gasteiger partial charge in [0.1, 0.15) is 0 Å². The number of hydrogen-bond donors (Lipinski definition) is 0. The maximum atomic E-state index is 13.5. The first kappa shape index (κ1) is 15.0. The van der Waals surface area contributed by atoms with Gasteiger partial charge in [-0.15, -0.1) is 0 Å². The molecule has 0 spiro atoms. The smallest absolute Gasteiger partial charge is 0.213 e. The Balaban J connectivity index is 2.37. The summed E-state index contributed by atoms with van der Waals surface area (Å²) in [5.41, 5.74) is 5.49. The van der Waals surface area contributed by atoms with Gasteiger partial charge in [0.05, 0.1) is 5.56 Å². The Bertz CT molecular complexity index is 713. The highest BCUT2D eigenvalue weighted by atomic mass is 19.1. The number of benzene rings is 1. The lowest BCUT2D eigenvalue weighted by Gasteiger charge is -2.32. The average molecular weight is 296 g/mol. The van der Waals surface area contributed by atoms with E-state index in [0.717, 1.165) is 24.2 Å². The summed E-state index contributed by atoms with van der Waals surface area (Å²) in [6.45, 7) is 9.08. The summed E-state index contributed by atoms with van der Waals surface area (Å²) >= 11 is 0. The highest BCUT2D eigenvalue weighted by Crippen LogP contribution is 2.44. The predicted octanol–water partition coefficient (Wildman–Crippen LogP) is 4.74. The van der Waals surface area contributed by atoms with Gasteiger partial charge in [0.2, 0.25) is 11.4 Å². The topological polar surface area (TPSA) is 3.88 Å². The molecule has 1 aromatic heterocycles. The van der Waals surface area contributed by atoms with Gasteiger partial charge >= 0.3 is 0 Å². The molecule has 1 nitrogen and oxygen atoms in total. The fraction of sp³-hybridized carbons (Fsp3) is 0.350. The van der Waals surface area contributed by atoms with Crippen LogP contribution in [0, 0.1) is 0 Å². The molecule has 0 N–H and O–H groups in total. The molecule has 0 radical (unpaired) electrons. The third kappa shape index (κ3) is 2.01. The first-order valence-electron chi connectivity index (χ1n) is 8.03. The highest BCUT2D eigenvalue weighted by Gasteiger charge is 2.40. The second kappa shape index (κ2) is 5.68. The molecule has 2 aromatic rings. The Morgan fingerprint density at radius 2 is 1.82 bits per heavy atom. The van der Waals surface area contributed by atoms with E-state index in [4.69, 9.17) is 0 Å². The van der Waals surface area contributed by atoms with E-state index in [0.29, 0.717) is 6.54 Å². The van der Waals surface area contributed by atoms with Crippen molar-refractivity contribution in [2.45, 2.75) is 45.3 Å². The van der Waals surface area contributed by atoms with Crippen LogP contribution in [0.4, 0.5) is 4.39 Å². The Kier molecular flexibility index (Phi) is 3.86. The van der Waals surface area contributed by atoms with Crippen LogP contribution in [-0.2, 0) is 18.6 Å². The van der Waals surface area contributed by atoms with Gasteiger partial charge in [0.25, 0.3) is 0 Å². The molecular formula is C20H23FN+. The van der Waals surface area contributed by atoms with Crippen LogP contribution < -0.4 is 4.57 Å². The van der Waals surface area contributed by atoms with Crippen LogP contribution in [0.5, 0.6) is 0 Å². The van der Waals surface area contributed by atoms with Gasteiger partial charge < -0.3 is 0 Å². The van der Waals surface area contributed by atoms with Crippen LogP contribution >= 0.6 is 0 Å². The maximum absolute atomic E-state index is 13.5. The largest absolute Gasteiger partial charge is 0.239 e. The number of fused-ring (bicyclic) bond motifs is 3. The lowest BCUT2D eigenvalue weighted by molar-refractivity contribution is -0.687. The zero-order chi connectivity index (χ0) is 15.7. The molecule has 1 aromatic carbocycles. The Morgan fingerprint density at radius 3 is 2.50 bits per heavy atom. The molecule has 0 saturated carbocycles. The van der Waals surface area contributed by atoms with Gasteiger partial charge in [-0.25, -0.2) is 4.39 Å². The zero-order valence-electron chi connectivity index (χ0n) is 13.4. The van der Waals surface area contributed by atoms with Gasteiger partial charge in [-0.1, -0.05) is 38.6 Å². The molecule has 0 aliphatic carbocycles. The summed E-state index contributed by atoms with van der Waals surface area (Å²) in [5, 5.41) is 0. The quantitative estimate of drug-likeness (QED) is 0.569. The minimum atomic E-state index is -0.450. The number of allylic oxidation sites excluding steroid dienone is 1. The molecule has 1 aliphatic heterocycles. The summed E-state index contributed by atoms with van der Waals surface area (Å²) in [5.74, 6) is 0. The van der Waals surface area contributed by atoms with Gasteiger partial charge in [-0.3, -0.25) is 0 Å². The van der Waals surface area contributed by atoms with E-state index >= 15 is 0 Å². The minimum absolute atomic E-state index is 0.0316. The van der Waals surface area contributed by atoms with E-state index in [1.807, 2.05) is 12.1 Å². The summed E-state index contributed by atoms with van der Waals surface area (Å²) in [4.78, 5) is 0. The average Bonchev–Trinajstić information content (AvgIpc) is 2.67. The van der Waals surface area contributed by atoms with Crippen LogP contribution in [0.1, 0.15) is 37.9 Å². The van der Waals surface area contributed by atoms with Crippen molar-refractivity contribution in [1.82, 2.24) is 0 Å². The summed E-state index contributed by atoms with van der Waals surface area (Å²) in [7, 11) is 0. The number of rotatable bonds is 3. The molecule has 2 heteroatoms. The first-order chi connectivity index (χ1) is 10.7. The highest BCUT2D eigenvalue weighted by molar-refractivity contribution is 5.65. The van der Waals surface area contributed by atoms with Crippen LogP contribution in [0.15, 0.2) is 54.6 Å². The first-order valence-corrected chi connectivity index (χ1v) is 8.03. The van der Waals surface area contributed by atoms with E-state index < -0.39 is 6.67 Å². The number of nitrogens with zero attached hydrogens (tertiary/aromatic N) is 1. The third-order valence-corrected chi connectivity index (χ3v) is 5.27. The SMILES string of the molecule is C=C1C[n+]2c(CF)cccc2-c2ccccc2C1(CC)CC. The van der Waals surface area contributed by atoms with E-state index in [2.05, 4.69) is 55.3 Å². The minimum Gasteiger partial charge on any atom is -0.239 e. The zero-order valence-corrected chi connectivity index (χ0v) is 13.4. The maximum Gasteiger partial charge on any atom is 0.213 e. The van der Waals surface area contributed by atoms with E-state index in [1.54, 1.807) is 0 Å². The molecule has 22 heavy (non-hydrogen) atoms. The van der Waals surface area contributed by atoms with Crippen molar-refractivity contribution in [3.8, 4) is 11.3 Å². The van der Waals surface area contributed by atoms with Crippen molar-refractivity contribution in [2.75, 3.05) is 0 Å². The van der Waals surface area contributed by atoms with Crippen LogP contribution in [0.25, 0.3) is 11.3 Å². The fourth-order valence-corrected chi connectivity index (χ4v) is 3.91. The molecule has 2 heterocycles. The van der Waals surface area contributed by atoms with E-state index in [1.165, 1.54) is 16.7 Å². The van der Waals surface area contributed by atoms with Crippen LogP contribution in [0.2, 0.25) is 0 Å². The van der Waals surface area contributed by atoms with E-state index in [9.17, 15) is 4.39 Å². The number of hydrogen-bond acceptors (Lipinski definition) is 0. The van der Waals surface area contributed by atoms with Crippen molar-refractivity contribution in [3.63, 3.8) is 0 Å². The van der Waals surface area contributed by atoms with Crippen molar-refractivity contribution in [3.05, 3.63) is 65.9 Å². The Morgan fingerprint density at radius 1 is 1.09 bits per heavy atom. The molecule has 0 amide bonds. The van der Waals surface area contributed by atoms with E-state index in [-0.39, 0.29) is 5.41 Å². The molecule has 0 atom stereocenters. The molecule has 114 valence electrons. The Labute approximate surface area is 132 Å². The number of alkyl halides is 1. The number of pyridine rings is 1. The molecule has 1 aliphatic rings. The van der Waals surface area contributed by atoms with Crippen molar-refractivity contribution in [1.29, 1.82) is 0 Å². The van der Waals surface area contributed by atoms with Crippen molar-refractivity contribution >= 4 is 0 Å². The monoisotopic (exact) mass is 296 g/mol. The van der Waals surface area contributed by atoms with Gasteiger partial charge in [0, 0.05) is 17.5 Å². The van der Waals surface area contributed by atoms with Gasteiger partial charge in [0.15, 0.2) is 13.2 Å². The second-order valence-corrected chi connectivity index (χ2v) is 6.06. The standard InChI is InChI=1S/C20H23FN/c1-4-20(5-2)15(3)14-22-16(13-21)9-8-12-19(22)17-10-6-7-11-18(17)20/h6-12H,3-5,13-14H2,1-2H3/q+1. The van der Waals surface area contributed by atoms with Gasteiger partial charge in [-0.2, -0.15) is 4.57 Å².